The highest BCUT2D eigenvalue weighted by molar-refractivity contribution is 5.83. The summed E-state index contributed by atoms with van der Waals surface area (Å²) in [4.78, 5) is 35.5. The Balaban J connectivity index is 4.51. The fourth-order valence-electron chi connectivity index (χ4n) is 1.82. The van der Waals surface area contributed by atoms with Crippen molar-refractivity contribution in [2.45, 2.75) is 71.4 Å². The maximum absolute atomic E-state index is 11.9. The fourth-order valence-corrected chi connectivity index (χ4v) is 1.82. The summed E-state index contributed by atoms with van der Waals surface area (Å²) in [5.74, 6) is -0.510. The Morgan fingerprint density at radius 1 is 1.22 bits per heavy atom. The van der Waals surface area contributed by atoms with Crippen molar-refractivity contribution in [1.82, 2.24) is 5.32 Å². The Kier molecular flexibility index (Phi) is 9.94. The summed E-state index contributed by atoms with van der Waals surface area (Å²) in [5.41, 5.74) is -0.663. The molecule has 0 rings (SSSR count). The lowest BCUT2D eigenvalue weighted by Crippen LogP contribution is -2.44. The molecule has 0 aliphatic carbocycles. The lowest BCUT2D eigenvalue weighted by atomic mass is 10.0. The largest absolute Gasteiger partial charge is 0.464 e. The van der Waals surface area contributed by atoms with Gasteiger partial charge in [-0.05, 0) is 47.0 Å². The van der Waals surface area contributed by atoms with E-state index in [-0.39, 0.29) is 25.2 Å². The number of hydrogen-bond acceptors (Lipinski definition) is 5. The second-order valence-corrected chi connectivity index (χ2v) is 6.21. The van der Waals surface area contributed by atoms with Crippen LogP contribution in [-0.2, 0) is 19.1 Å². The number of ketones is 1. The quantitative estimate of drug-likeness (QED) is 0.379. The number of amides is 1. The molecule has 6 heteroatoms. The van der Waals surface area contributed by atoms with E-state index in [4.69, 9.17) is 9.47 Å². The van der Waals surface area contributed by atoms with Gasteiger partial charge in [-0.2, -0.15) is 0 Å². The Hall–Kier alpha value is -1.85. The molecule has 0 aromatic rings. The van der Waals surface area contributed by atoms with Gasteiger partial charge in [0.1, 0.15) is 17.4 Å². The van der Waals surface area contributed by atoms with Crippen molar-refractivity contribution < 1.29 is 23.9 Å². The second kappa shape index (κ2) is 10.8. The molecule has 0 aliphatic heterocycles. The van der Waals surface area contributed by atoms with Crippen molar-refractivity contribution in [2.24, 2.45) is 0 Å². The standard InChI is InChI=1S/C17H29NO5/c1-6-8-9-10-13(19)11-12-14(15(20)22-7-2)18-16(21)23-17(3,4)5/h6,14H,1,7-12H2,2-5H3,(H,18,21). The number of carbonyl (C=O) groups is 3. The van der Waals surface area contributed by atoms with E-state index in [2.05, 4.69) is 11.9 Å². The number of hydrogen-bond donors (Lipinski definition) is 1. The van der Waals surface area contributed by atoms with Gasteiger partial charge < -0.3 is 14.8 Å². The van der Waals surface area contributed by atoms with Gasteiger partial charge in [0.05, 0.1) is 6.61 Å². The molecule has 0 heterocycles. The van der Waals surface area contributed by atoms with Gasteiger partial charge in [-0.3, -0.25) is 4.79 Å². The minimum Gasteiger partial charge on any atom is -0.464 e. The van der Waals surface area contributed by atoms with Crippen molar-refractivity contribution in [2.75, 3.05) is 6.61 Å². The zero-order valence-corrected chi connectivity index (χ0v) is 14.6. The number of allylic oxidation sites excluding steroid dienone is 1. The maximum atomic E-state index is 11.9. The Labute approximate surface area is 138 Å². The lowest BCUT2D eigenvalue weighted by molar-refractivity contribution is -0.145. The predicted octanol–water partition coefficient (Wildman–Crippen LogP) is 3.15. The zero-order valence-electron chi connectivity index (χ0n) is 14.6. The van der Waals surface area contributed by atoms with Gasteiger partial charge in [-0.25, -0.2) is 9.59 Å². The van der Waals surface area contributed by atoms with Crippen LogP contribution in [0.15, 0.2) is 12.7 Å². The molecule has 0 radical (unpaired) electrons. The monoisotopic (exact) mass is 327 g/mol. The highest BCUT2D eigenvalue weighted by Gasteiger charge is 2.25. The second-order valence-electron chi connectivity index (χ2n) is 6.21. The first-order valence-electron chi connectivity index (χ1n) is 7.98. The summed E-state index contributed by atoms with van der Waals surface area (Å²) >= 11 is 0. The molecule has 0 fully saturated rings. The molecule has 0 saturated heterocycles. The first-order chi connectivity index (χ1) is 10.7. The van der Waals surface area contributed by atoms with Crippen molar-refractivity contribution in [3.8, 4) is 0 Å². The highest BCUT2D eigenvalue weighted by Crippen LogP contribution is 2.10. The predicted molar refractivity (Wildman–Crippen MR) is 88.1 cm³/mol. The van der Waals surface area contributed by atoms with Gasteiger partial charge in [0.25, 0.3) is 0 Å². The third kappa shape index (κ3) is 11.4. The number of carbonyl (C=O) groups excluding carboxylic acids is 3. The van der Waals surface area contributed by atoms with E-state index in [1.807, 2.05) is 0 Å². The van der Waals surface area contributed by atoms with Crippen molar-refractivity contribution in [1.29, 1.82) is 0 Å². The van der Waals surface area contributed by atoms with E-state index < -0.39 is 23.7 Å². The molecule has 0 aromatic carbocycles. The minimum absolute atomic E-state index is 0.0483. The number of alkyl carbamates (subject to hydrolysis) is 1. The van der Waals surface area contributed by atoms with Crippen LogP contribution in [0, 0.1) is 0 Å². The Bertz CT molecular complexity index is 412. The average Bonchev–Trinajstić information content (AvgIpc) is 2.42. The molecular formula is C17H29NO5. The van der Waals surface area contributed by atoms with Crippen molar-refractivity contribution in [3.05, 3.63) is 12.7 Å². The van der Waals surface area contributed by atoms with Crippen LogP contribution in [-0.4, -0.2) is 36.1 Å². The molecule has 0 spiro atoms. The summed E-state index contributed by atoms with van der Waals surface area (Å²) in [6.07, 6.45) is 3.43. The molecule has 6 nitrogen and oxygen atoms in total. The van der Waals surface area contributed by atoms with Gasteiger partial charge in [0.15, 0.2) is 0 Å². The minimum atomic E-state index is -0.881. The van der Waals surface area contributed by atoms with Crippen LogP contribution >= 0.6 is 0 Å². The van der Waals surface area contributed by atoms with E-state index in [1.165, 1.54) is 0 Å². The first kappa shape index (κ1) is 21.1. The van der Waals surface area contributed by atoms with E-state index in [1.54, 1.807) is 33.8 Å². The molecule has 0 aliphatic rings. The van der Waals surface area contributed by atoms with E-state index in [0.717, 1.165) is 12.8 Å². The molecule has 0 aromatic heterocycles. The molecule has 1 atom stereocenters. The van der Waals surface area contributed by atoms with Crippen LogP contribution < -0.4 is 5.32 Å². The number of unbranched alkanes of at least 4 members (excludes halogenated alkanes) is 1. The van der Waals surface area contributed by atoms with Gasteiger partial charge in [0.2, 0.25) is 0 Å². The van der Waals surface area contributed by atoms with Crippen molar-refractivity contribution in [3.63, 3.8) is 0 Å². The summed E-state index contributed by atoms with van der Waals surface area (Å²) in [7, 11) is 0. The molecular weight excluding hydrogens is 298 g/mol. The number of rotatable bonds is 10. The van der Waals surface area contributed by atoms with Gasteiger partial charge in [-0.1, -0.05) is 6.08 Å². The topological polar surface area (TPSA) is 81.7 Å². The number of Topliss-reactive ketones (excluding diaryl/α,β-unsaturated/α-hetero) is 1. The van der Waals surface area contributed by atoms with E-state index >= 15 is 0 Å². The summed E-state index contributed by atoms with van der Waals surface area (Å²) in [6, 6.07) is -0.881. The molecule has 1 N–H and O–H groups in total. The van der Waals surface area contributed by atoms with E-state index in [0.29, 0.717) is 6.42 Å². The average molecular weight is 327 g/mol. The van der Waals surface area contributed by atoms with Crippen LogP contribution in [0.2, 0.25) is 0 Å². The SMILES string of the molecule is C=CCCCC(=O)CCC(NC(=O)OC(C)(C)C)C(=O)OCC. The molecule has 0 saturated carbocycles. The molecule has 132 valence electrons. The maximum Gasteiger partial charge on any atom is 0.408 e. The summed E-state index contributed by atoms with van der Waals surface area (Å²) < 4.78 is 10.1. The normalized spacial score (nSPS) is 12.2. The Morgan fingerprint density at radius 2 is 1.87 bits per heavy atom. The van der Waals surface area contributed by atoms with Gasteiger partial charge >= 0.3 is 12.1 Å². The van der Waals surface area contributed by atoms with Crippen LogP contribution in [0.3, 0.4) is 0 Å². The van der Waals surface area contributed by atoms with Crippen LogP contribution in [0.25, 0.3) is 0 Å². The highest BCUT2D eigenvalue weighted by atomic mass is 16.6. The fraction of sp³-hybridized carbons (Fsp3) is 0.706. The third-order valence-electron chi connectivity index (χ3n) is 2.84. The first-order valence-corrected chi connectivity index (χ1v) is 7.98. The van der Waals surface area contributed by atoms with Crippen LogP contribution in [0.4, 0.5) is 4.79 Å². The van der Waals surface area contributed by atoms with Crippen molar-refractivity contribution >= 4 is 17.8 Å². The molecule has 1 amide bonds. The zero-order chi connectivity index (χ0) is 17.9. The molecule has 23 heavy (non-hydrogen) atoms. The van der Waals surface area contributed by atoms with Crippen LogP contribution in [0.5, 0.6) is 0 Å². The smallest absolute Gasteiger partial charge is 0.408 e. The summed E-state index contributed by atoms with van der Waals surface area (Å²) in [5, 5.41) is 2.48. The van der Waals surface area contributed by atoms with E-state index in [9.17, 15) is 14.4 Å². The molecule has 0 bridgehead atoms. The van der Waals surface area contributed by atoms with Crippen LogP contribution in [0.1, 0.15) is 59.8 Å². The lowest BCUT2D eigenvalue weighted by Gasteiger charge is -2.22. The number of nitrogens with one attached hydrogen (secondary N) is 1. The van der Waals surface area contributed by atoms with Gasteiger partial charge in [0, 0.05) is 12.8 Å². The van der Waals surface area contributed by atoms with Gasteiger partial charge in [-0.15, -0.1) is 6.58 Å². The Morgan fingerprint density at radius 3 is 2.39 bits per heavy atom. The number of esters is 1. The summed E-state index contributed by atoms with van der Waals surface area (Å²) in [6.45, 7) is 10.7. The third-order valence-corrected chi connectivity index (χ3v) is 2.84. The molecule has 1 unspecified atom stereocenters. The number of ether oxygens (including phenoxy) is 2.